The first-order valence-electron chi connectivity index (χ1n) is 7.90. The zero-order valence-electron chi connectivity index (χ0n) is 15.3. The maximum absolute atomic E-state index is 11.9. The molecule has 1 rings (SSSR count). The molecular formula is C17H26ClN3O4. The van der Waals surface area contributed by atoms with Crippen LogP contribution in [-0.4, -0.2) is 49.7 Å². The Kier molecular flexibility index (Phi) is 7.36. The average molecular weight is 372 g/mol. The van der Waals surface area contributed by atoms with Gasteiger partial charge in [-0.1, -0.05) is 11.6 Å². The first-order valence-corrected chi connectivity index (χ1v) is 8.28. The minimum atomic E-state index is -0.607. The zero-order chi connectivity index (χ0) is 19.2. The van der Waals surface area contributed by atoms with Crippen LogP contribution in [0.1, 0.15) is 37.6 Å². The molecule has 25 heavy (non-hydrogen) atoms. The molecule has 3 N–H and O–H groups in total. The van der Waals surface area contributed by atoms with Gasteiger partial charge in [-0.15, -0.1) is 0 Å². The summed E-state index contributed by atoms with van der Waals surface area (Å²) >= 11 is 6.16. The van der Waals surface area contributed by atoms with E-state index in [9.17, 15) is 9.59 Å². The number of nitrogens with two attached hydrogens (primary N) is 1. The number of hydrogen-bond acceptors (Lipinski definition) is 5. The predicted octanol–water partition coefficient (Wildman–Crippen LogP) is 3.12. The first-order chi connectivity index (χ1) is 11.5. The number of ether oxygens (including phenoxy) is 2. The van der Waals surface area contributed by atoms with E-state index in [4.69, 9.17) is 26.8 Å². The molecule has 0 bridgehead atoms. The number of benzene rings is 1. The van der Waals surface area contributed by atoms with Gasteiger partial charge in [0, 0.05) is 26.2 Å². The number of primary amides is 1. The predicted molar refractivity (Wildman–Crippen MR) is 98.5 cm³/mol. The second kappa shape index (κ2) is 8.80. The van der Waals surface area contributed by atoms with Crippen LogP contribution in [0, 0.1) is 0 Å². The smallest absolute Gasteiger partial charge is 0.410 e. The van der Waals surface area contributed by atoms with E-state index in [0.29, 0.717) is 36.0 Å². The van der Waals surface area contributed by atoms with Crippen molar-refractivity contribution in [2.24, 2.45) is 5.73 Å². The number of anilines is 1. The van der Waals surface area contributed by atoms with Crippen molar-refractivity contribution >= 4 is 29.3 Å². The maximum atomic E-state index is 11.9. The van der Waals surface area contributed by atoms with E-state index in [2.05, 4.69) is 5.32 Å². The zero-order valence-corrected chi connectivity index (χ0v) is 16.1. The summed E-state index contributed by atoms with van der Waals surface area (Å²) in [5, 5.41) is 3.52. The Hall–Kier alpha value is -2.15. The minimum absolute atomic E-state index is 0.225. The molecule has 1 aromatic carbocycles. The molecule has 0 aromatic heterocycles. The Balaban J connectivity index is 2.57. The van der Waals surface area contributed by atoms with Gasteiger partial charge in [0.1, 0.15) is 11.4 Å². The topological polar surface area (TPSA) is 93.9 Å². The second-order valence-corrected chi connectivity index (χ2v) is 6.99. The van der Waals surface area contributed by atoms with Gasteiger partial charge in [0.05, 0.1) is 23.4 Å². The van der Waals surface area contributed by atoms with Crippen molar-refractivity contribution in [3.8, 4) is 5.75 Å². The molecule has 140 valence electrons. The molecule has 0 radical (unpaired) electrons. The van der Waals surface area contributed by atoms with E-state index in [1.807, 2.05) is 20.8 Å². The molecule has 0 spiro atoms. The molecule has 0 saturated carbocycles. The van der Waals surface area contributed by atoms with Crippen LogP contribution in [0.25, 0.3) is 0 Å². The normalized spacial score (nSPS) is 11.0. The number of halogens is 1. The minimum Gasteiger partial charge on any atom is -0.496 e. The summed E-state index contributed by atoms with van der Waals surface area (Å²) in [5.74, 6) is -0.255. The van der Waals surface area contributed by atoms with E-state index < -0.39 is 11.5 Å². The molecule has 0 aliphatic rings. The summed E-state index contributed by atoms with van der Waals surface area (Å²) in [7, 11) is 3.14. The number of hydrogen-bond donors (Lipinski definition) is 2. The van der Waals surface area contributed by atoms with Gasteiger partial charge in [0.25, 0.3) is 5.91 Å². The number of nitrogens with one attached hydrogen (secondary N) is 1. The standard InChI is InChI=1S/C17H26ClN3O4/c1-17(2,3)25-16(23)21(4)8-6-7-20-13-10-14(24-5)11(15(19)22)9-12(13)18/h9-10,20H,6-8H2,1-5H3,(H2,19,22). The highest BCUT2D eigenvalue weighted by molar-refractivity contribution is 6.33. The van der Waals surface area contributed by atoms with Crippen molar-refractivity contribution in [1.29, 1.82) is 0 Å². The summed E-state index contributed by atoms with van der Waals surface area (Å²) in [5.41, 5.74) is 5.62. The fourth-order valence-electron chi connectivity index (χ4n) is 2.02. The molecule has 0 unspecified atom stereocenters. The quantitative estimate of drug-likeness (QED) is 0.718. The summed E-state index contributed by atoms with van der Waals surface area (Å²) in [6.45, 7) is 6.57. The average Bonchev–Trinajstić information content (AvgIpc) is 2.50. The van der Waals surface area contributed by atoms with Crippen LogP contribution in [0.4, 0.5) is 10.5 Å². The second-order valence-electron chi connectivity index (χ2n) is 6.58. The third-order valence-electron chi connectivity index (χ3n) is 3.25. The van der Waals surface area contributed by atoms with Crippen LogP contribution < -0.4 is 15.8 Å². The molecular weight excluding hydrogens is 346 g/mol. The highest BCUT2D eigenvalue weighted by Crippen LogP contribution is 2.30. The number of rotatable bonds is 7. The molecule has 0 aliphatic heterocycles. The highest BCUT2D eigenvalue weighted by Gasteiger charge is 2.19. The van der Waals surface area contributed by atoms with E-state index in [0.717, 1.165) is 0 Å². The van der Waals surface area contributed by atoms with Gasteiger partial charge < -0.3 is 25.4 Å². The summed E-state index contributed by atoms with van der Waals surface area (Å²) in [4.78, 5) is 24.7. The van der Waals surface area contributed by atoms with Crippen molar-refractivity contribution in [2.45, 2.75) is 32.8 Å². The number of amides is 2. The molecule has 0 heterocycles. The van der Waals surface area contributed by atoms with Gasteiger partial charge in [0.15, 0.2) is 0 Å². The van der Waals surface area contributed by atoms with Gasteiger partial charge in [-0.3, -0.25) is 4.79 Å². The van der Waals surface area contributed by atoms with Crippen molar-refractivity contribution in [2.75, 3.05) is 32.6 Å². The Labute approximate surface area is 153 Å². The fraction of sp³-hybridized carbons (Fsp3) is 0.529. The molecule has 0 fully saturated rings. The van der Waals surface area contributed by atoms with E-state index >= 15 is 0 Å². The molecule has 0 atom stereocenters. The van der Waals surface area contributed by atoms with Gasteiger partial charge in [-0.2, -0.15) is 0 Å². The summed E-state index contributed by atoms with van der Waals surface area (Å²) in [6, 6.07) is 3.10. The maximum Gasteiger partial charge on any atom is 0.410 e. The summed E-state index contributed by atoms with van der Waals surface area (Å²) < 4.78 is 10.4. The number of carbonyl (C=O) groups is 2. The Morgan fingerprint density at radius 1 is 1.32 bits per heavy atom. The van der Waals surface area contributed by atoms with Crippen molar-refractivity contribution in [3.05, 3.63) is 22.7 Å². The van der Waals surface area contributed by atoms with E-state index in [1.165, 1.54) is 18.1 Å². The molecule has 8 heteroatoms. The molecule has 2 amide bonds. The lowest BCUT2D eigenvalue weighted by Crippen LogP contribution is -2.35. The monoisotopic (exact) mass is 371 g/mol. The van der Waals surface area contributed by atoms with Gasteiger partial charge in [-0.05, 0) is 33.3 Å². The van der Waals surface area contributed by atoms with Crippen LogP contribution in [-0.2, 0) is 4.74 Å². The molecule has 7 nitrogen and oxygen atoms in total. The molecule has 0 saturated heterocycles. The lowest BCUT2D eigenvalue weighted by molar-refractivity contribution is 0.0298. The van der Waals surface area contributed by atoms with Crippen molar-refractivity contribution in [3.63, 3.8) is 0 Å². The van der Waals surface area contributed by atoms with E-state index in [1.54, 1.807) is 13.1 Å². The lowest BCUT2D eigenvalue weighted by atomic mass is 10.1. The Bertz CT molecular complexity index is 629. The number of methoxy groups -OCH3 is 1. The Morgan fingerprint density at radius 3 is 2.48 bits per heavy atom. The fourth-order valence-corrected chi connectivity index (χ4v) is 2.25. The molecule has 0 aliphatic carbocycles. The van der Waals surface area contributed by atoms with Gasteiger partial charge >= 0.3 is 6.09 Å². The number of carbonyl (C=O) groups excluding carboxylic acids is 2. The van der Waals surface area contributed by atoms with Crippen molar-refractivity contribution in [1.82, 2.24) is 4.90 Å². The van der Waals surface area contributed by atoms with Crippen LogP contribution in [0.2, 0.25) is 5.02 Å². The number of nitrogens with zero attached hydrogens (tertiary/aromatic N) is 1. The lowest BCUT2D eigenvalue weighted by Gasteiger charge is -2.24. The molecule has 1 aromatic rings. The highest BCUT2D eigenvalue weighted by atomic mass is 35.5. The largest absolute Gasteiger partial charge is 0.496 e. The Morgan fingerprint density at radius 2 is 1.96 bits per heavy atom. The van der Waals surface area contributed by atoms with Crippen LogP contribution in [0.5, 0.6) is 5.75 Å². The third kappa shape index (κ3) is 6.70. The van der Waals surface area contributed by atoms with Gasteiger partial charge in [0.2, 0.25) is 0 Å². The van der Waals surface area contributed by atoms with Crippen LogP contribution >= 0.6 is 11.6 Å². The summed E-state index contributed by atoms with van der Waals surface area (Å²) in [6.07, 6.45) is 0.324. The first kappa shape index (κ1) is 20.9. The van der Waals surface area contributed by atoms with Crippen molar-refractivity contribution < 1.29 is 19.1 Å². The van der Waals surface area contributed by atoms with Crippen LogP contribution in [0.3, 0.4) is 0 Å². The van der Waals surface area contributed by atoms with Crippen LogP contribution in [0.15, 0.2) is 12.1 Å². The SMILES string of the molecule is COc1cc(NCCCN(C)C(=O)OC(C)(C)C)c(Cl)cc1C(N)=O. The van der Waals surface area contributed by atoms with Gasteiger partial charge in [-0.25, -0.2) is 4.79 Å². The van der Waals surface area contributed by atoms with E-state index in [-0.39, 0.29) is 11.7 Å². The third-order valence-corrected chi connectivity index (χ3v) is 3.56.